The number of likely N-dealkylation sites (N-methyl/N-ethyl adjacent to an activating group) is 1. The van der Waals surface area contributed by atoms with Gasteiger partial charge >= 0.3 is 12.1 Å². The summed E-state index contributed by atoms with van der Waals surface area (Å²) in [7, 11) is 0. The van der Waals surface area contributed by atoms with Gasteiger partial charge in [0.25, 0.3) is 6.43 Å². The first-order valence-electron chi connectivity index (χ1n) is 9.50. The van der Waals surface area contributed by atoms with Gasteiger partial charge in [0.1, 0.15) is 17.1 Å². The summed E-state index contributed by atoms with van der Waals surface area (Å²) in [5, 5.41) is 3.51. The molecule has 0 aliphatic heterocycles. The van der Waals surface area contributed by atoms with Crippen LogP contribution in [0.1, 0.15) is 59.0 Å². The van der Waals surface area contributed by atoms with Crippen LogP contribution in [0.2, 0.25) is 0 Å². The number of anilines is 1. The quantitative estimate of drug-likeness (QED) is 0.455. The molecule has 0 aromatic carbocycles. The fourth-order valence-electron chi connectivity index (χ4n) is 3.43. The average Bonchev–Trinajstić information content (AvgIpc) is 3.38. The van der Waals surface area contributed by atoms with E-state index in [1.54, 1.807) is 0 Å². The number of amides is 1. The first kappa shape index (κ1) is 23.1. The number of rotatable bonds is 7. The van der Waals surface area contributed by atoms with Crippen LogP contribution in [0.25, 0.3) is 0 Å². The van der Waals surface area contributed by atoms with Gasteiger partial charge in [0, 0.05) is 17.8 Å². The summed E-state index contributed by atoms with van der Waals surface area (Å²) in [5.41, 5.74) is -0.857. The maximum Gasteiger partial charge on any atom is 0.435 e. The molecule has 0 spiro atoms. The fraction of sp³-hybridized carbons (Fsp3) is 0.556. The number of nitrogens with zero attached hydrogens (tertiary/aromatic N) is 4. The van der Waals surface area contributed by atoms with Crippen LogP contribution in [-0.4, -0.2) is 39.8 Å². The highest BCUT2D eigenvalue weighted by Crippen LogP contribution is 2.38. The molecule has 0 N–H and O–H groups in total. The zero-order valence-corrected chi connectivity index (χ0v) is 17.4. The lowest BCUT2D eigenvalue weighted by molar-refractivity contribution is -0.141. The van der Waals surface area contributed by atoms with Crippen molar-refractivity contribution in [3.05, 3.63) is 27.5 Å². The summed E-state index contributed by atoms with van der Waals surface area (Å²) >= 11 is 0.391. The Balaban J connectivity index is 1.91. The van der Waals surface area contributed by atoms with Crippen molar-refractivity contribution in [2.45, 2.75) is 52.3 Å². The minimum atomic E-state index is -4.92. The highest BCUT2D eigenvalue weighted by molar-refractivity contribution is 7.17. The molecule has 0 unspecified atom stereocenters. The number of aromatic nitrogens is 3. The Hall–Kier alpha value is -2.57. The lowest BCUT2D eigenvalue weighted by Gasteiger charge is -2.18. The average molecular weight is 466 g/mol. The van der Waals surface area contributed by atoms with E-state index in [0.717, 1.165) is 4.90 Å². The Kier molecular flexibility index (Phi) is 6.62. The zero-order valence-electron chi connectivity index (χ0n) is 16.6. The first-order chi connectivity index (χ1) is 14.6. The number of fused-ring (bicyclic) bond motifs is 1. The topological polar surface area (TPSA) is 77.3 Å². The summed E-state index contributed by atoms with van der Waals surface area (Å²) in [5.74, 6) is -1.87. The van der Waals surface area contributed by atoms with Gasteiger partial charge in [-0.2, -0.15) is 18.3 Å². The molecular formula is C18H19F5N4O3S. The van der Waals surface area contributed by atoms with Gasteiger partial charge in [-0.3, -0.25) is 14.4 Å². The summed E-state index contributed by atoms with van der Waals surface area (Å²) in [6.07, 6.45) is -6.13. The van der Waals surface area contributed by atoms with Crippen molar-refractivity contribution in [1.29, 1.82) is 0 Å². The highest BCUT2D eigenvalue weighted by Gasteiger charge is 2.41. The van der Waals surface area contributed by atoms with Crippen LogP contribution in [0.4, 0.5) is 27.1 Å². The monoisotopic (exact) mass is 466 g/mol. The van der Waals surface area contributed by atoms with E-state index in [0.29, 0.717) is 41.9 Å². The Morgan fingerprint density at radius 3 is 2.55 bits per heavy atom. The molecule has 0 saturated heterocycles. The molecule has 31 heavy (non-hydrogen) atoms. The second-order valence-electron chi connectivity index (χ2n) is 6.65. The number of alkyl halides is 5. The van der Waals surface area contributed by atoms with Gasteiger partial charge in [0.05, 0.1) is 6.61 Å². The van der Waals surface area contributed by atoms with Crippen molar-refractivity contribution in [3.63, 3.8) is 0 Å². The highest BCUT2D eigenvalue weighted by atomic mass is 32.1. The van der Waals surface area contributed by atoms with Crippen LogP contribution in [-0.2, 0) is 35.1 Å². The van der Waals surface area contributed by atoms with Crippen molar-refractivity contribution in [2.24, 2.45) is 0 Å². The summed E-state index contributed by atoms with van der Waals surface area (Å²) in [6.45, 7) is 2.37. The van der Waals surface area contributed by atoms with Gasteiger partial charge in [-0.25, -0.2) is 18.6 Å². The van der Waals surface area contributed by atoms with Gasteiger partial charge in [-0.1, -0.05) is 11.3 Å². The minimum absolute atomic E-state index is 0.0446. The lowest BCUT2D eigenvalue weighted by Crippen LogP contribution is -2.34. The van der Waals surface area contributed by atoms with Crippen LogP contribution in [0.3, 0.4) is 0 Å². The predicted molar refractivity (Wildman–Crippen MR) is 100 cm³/mol. The number of esters is 1. The van der Waals surface area contributed by atoms with Gasteiger partial charge < -0.3 is 4.74 Å². The summed E-state index contributed by atoms with van der Waals surface area (Å²) in [6, 6.07) is 0. The number of carbonyl (C=O) groups excluding carboxylic acids is 2. The van der Waals surface area contributed by atoms with Gasteiger partial charge in [0.15, 0.2) is 10.8 Å². The van der Waals surface area contributed by atoms with Crippen molar-refractivity contribution in [2.75, 3.05) is 18.1 Å². The Bertz CT molecular complexity index is 986. The van der Waals surface area contributed by atoms with E-state index < -0.39 is 41.6 Å². The van der Waals surface area contributed by atoms with Crippen molar-refractivity contribution in [1.82, 2.24) is 14.8 Å². The zero-order chi connectivity index (χ0) is 22.9. The van der Waals surface area contributed by atoms with E-state index in [2.05, 4.69) is 14.8 Å². The van der Waals surface area contributed by atoms with Crippen molar-refractivity contribution in [3.8, 4) is 0 Å². The molecule has 2 aromatic heterocycles. The standard InChI is InChI=1S/C18H19F5N4O3S/c1-3-26(17-24-14(18(21,22)23)13(31-17)16(29)30-4-2)11(28)8-27-10-7-5-6-9(10)12(25-27)15(19)20/h15H,3-8H2,1-2H3. The molecule has 7 nitrogen and oxygen atoms in total. The van der Waals surface area contributed by atoms with Crippen molar-refractivity contribution < 1.29 is 36.3 Å². The molecule has 2 heterocycles. The number of halogens is 5. The molecule has 1 aliphatic carbocycles. The molecule has 13 heteroatoms. The van der Waals surface area contributed by atoms with Gasteiger partial charge in [0.2, 0.25) is 5.91 Å². The number of ether oxygens (including phenoxy) is 1. The molecule has 3 rings (SSSR count). The largest absolute Gasteiger partial charge is 0.462 e. The fourth-order valence-corrected chi connectivity index (χ4v) is 4.49. The number of thiazole rings is 1. The third kappa shape index (κ3) is 4.55. The molecule has 0 atom stereocenters. The normalized spacial score (nSPS) is 13.5. The first-order valence-corrected chi connectivity index (χ1v) is 10.3. The number of carbonyl (C=O) groups is 2. The SMILES string of the molecule is CCOC(=O)c1sc(N(CC)C(=O)Cn2nc(C(F)F)c3c2CCC3)nc1C(F)(F)F. The lowest BCUT2D eigenvalue weighted by atomic mass is 10.2. The Morgan fingerprint density at radius 2 is 1.97 bits per heavy atom. The second-order valence-corrected chi connectivity index (χ2v) is 7.63. The summed E-state index contributed by atoms with van der Waals surface area (Å²) < 4.78 is 72.4. The van der Waals surface area contributed by atoms with Crippen LogP contribution in [0.5, 0.6) is 0 Å². The predicted octanol–water partition coefficient (Wildman–Crippen LogP) is 4.01. The van der Waals surface area contributed by atoms with E-state index >= 15 is 0 Å². The van der Waals surface area contributed by atoms with Crippen LogP contribution in [0, 0.1) is 0 Å². The molecule has 1 amide bonds. The second kappa shape index (κ2) is 8.89. The van der Waals surface area contributed by atoms with E-state index in [9.17, 15) is 31.5 Å². The minimum Gasteiger partial charge on any atom is -0.462 e. The van der Waals surface area contributed by atoms with Gasteiger partial charge in [-0.05, 0) is 33.1 Å². The molecule has 2 aromatic rings. The number of hydrogen-bond donors (Lipinski definition) is 0. The van der Waals surface area contributed by atoms with Gasteiger partial charge in [-0.15, -0.1) is 0 Å². The third-order valence-corrected chi connectivity index (χ3v) is 5.78. The smallest absolute Gasteiger partial charge is 0.435 e. The maximum absolute atomic E-state index is 13.4. The number of hydrogen-bond acceptors (Lipinski definition) is 6. The van der Waals surface area contributed by atoms with E-state index in [4.69, 9.17) is 0 Å². The van der Waals surface area contributed by atoms with Crippen LogP contribution >= 0.6 is 11.3 Å². The van der Waals surface area contributed by atoms with Crippen LogP contribution < -0.4 is 4.90 Å². The summed E-state index contributed by atoms with van der Waals surface area (Å²) in [4.78, 5) is 28.5. The molecule has 1 aliphatic rings. The molecule has 170 valence electrons. The van der Waals surface area contributed by atoms with E-state index in [1.165, 1.54) is 18.5 Å². The van der Waals surface area contributed by atoms with E-state index in [-0.39, 0.29) is 24.0 Å². The molecule has 0 bridgehead atoms. The molecule has 0 fully saturated rings. The molecular weight excluding hydrogens is 447 g/mol. The van der Waals surface area contributed by atoms with E-state index in [1.807, 2.05) is 0 Å². The van der Waals surface area contributed by atoms with Crippen LogP contribution in [0.15, 0.2) is 0 Å². The molecule has 0 saturated carbocycles. The maximum atomic E-state index is 13.4. The molecule has 0 radical (unpaired) electrons. The Morgan fingerprint density at radius 1 is 1.26 bits per heavy atom. The van der Waals surface area contributed by atoms with Crippen molar-refractivity contribution >= 4 is 28.3 Å². The third-order valence-electron chi connectivity index (χ3n) is 4.72. The Labute approximate surface area is 177 Å².